The first-order chi connectivity index (χ1) is 8.25. The van der Waals surface area contributed by atoms with Gasteiger partial charge in [0.25, 0.3) is 0 Å². The number of benzene rings is 1. The topological polar surface area (TPSA) is 32.3 Å². The Hall–Kier alpha value is -1.16. The van der Waals surface area contributed by atoms with Gasteiger partial charge in [0.05, 0.1) is 0 Å². The van der Waals surface area contributed by atoms with Crippen molar-refractivity contribution in [3.05, 3.63) is 57.8 Å². The standard InChI is InChI=1S/C14H17NOS/c1-11-7-8-14(17-11)13(16)10-15-9-12-5-3-2-4-6-12/h2-8,13,15-16H,9-10H2,1H3. The minimum atomic E-state index is -0.405. The summed E-state index contributed by atoms with van der Waals surface area (Å²) in [6.07, 6.45) is -0.405. The van der Waals surface area contributed by atoms with Crippen LogP contribution in [0, 0.1) is 6.92 Å². The first kappa shape index (κ1) is 12.3. The molecule has 0 aliphatic carbocycles. The number of nitrogens with one attached hydrogen (secondary N) is 1. The highest BCUT2D eigenvalue weighted by Gasteiger charge is 2.08. The molecule has 0 saturated heterocycles. The second-order valence-electron chi connectivity index (χ2n) is 4.08. The Morgan fingerprint density at radius 1 is 1.18 bits per heavy atom. The van der Waals surface area contributed by atoms with E-state index in [0.29, 0.717) is 6.54 Å². The predicted octanol–water partition coefficient (Wildman–Crippen LogP) is 2.88. The fourth-order valence-electron chi connectivity index (χ4n) is 1.68. The van der Waals surface area contributed by atoms with Crippen LogP contribution in [0.4, 0.5) is 0 Å². The third-order valence-electron chi connectivity index (χ3n) is 2.60. The molecule has 1 aromatic heterocycles. The van der Waals surface area contributed by atoms with Gasteiger partial charge in [0.15, 0.2) is 0 Å². The average molecular weight is 247 g/mol. The largest absolute Gasteiger partial charge is 0.386 e. The molecule has 17 heavy (non-hydrogen) atoms. The molecule has 2 aromatic rings. The summed E-state index contributed by atoms with van der Waals surface area (Å²) in [5.74, 6) is 0. The first-order valence-electron chi connectivity index (χ1n) is 5.75. The molecule has 2 rings (SSSR count). The van der Waals surface area contributed by atoms with Crippen LogP contribution < -0.4 is 5.32 Å². The smallest absolute Gasteiger partial charge is 0.101 e. The third-order valence-corrected chi connectivity index (χ3v) is 3.70. The van der Waals surface area contributed by atoms with Gasteiger partial charge in [0.1, 0.15) is 6.10 Å². The van der Waals surface area contributed by atoms with Crippen LogP contribution >= 0.6 is 11.3 Å². The summed E-state index contributed by atoms with van der Waals surface area (Å²) in [5, 5.41) is 13.2. The van der Waals surface area contributed by atoms with Crippen LogP contribution in [0.5, 0.6) is 0 Å². The molecular formula is C14H17NOS. The van der Waals surface area contributed by atoms with Gasteiger partial charge in [0, 0.05) is 22.8 Å². The molecule has 0 aliphatic heterocycles. The highest BCUT2D eigenvalue weighted by Crippen LogP contribution is 2.21. The van der Waals surface area contributed by atoms with E-state index in [1.54, 1.807) is 11.3 Å². The molecule has 1 atom stereocenters. The van der Waals surface area contributed by atoms with Gasteiger partial charge < -0.3 is 10.4 Å². The van der Waals surface area contributed by atoms with Crippen molar-refractivity contribution in [2.75, 3.05) is 6.54 Å². The van der Waals surface area contributed by atoms with Crippen molar-refractivity contribution in [3.8, 4) is 0 Å². The van der Waals surface area contributed by atoms with Crippen molar-refractivity contribution in [2.45, 2.75) is 19.6 Å². The van der Waals surface area contributed by atoms with Crippen LogP contribution in [0.15, 0.2) is 42.5 Å². The van der Waals surface area contributed by atoms with Crippen molar-refractivity contribution < 1.29 is 5.11 Å². The molecule has 0 radical (unpaired) electrons. The van der Waals surface area contributed by atoms with Crippen molar-refractivity contribution in [1.82, 2.24) is 5.32 Å². The SMILES string of the molecule is Cc1ccc(C(O)CNCc2ccccc2)s1. The van der Waals surface area contributed by atoms with Gasteiger partial charge in [-0.05, 0) is 24.6 Å². The van der Waals surface area contributed by atoms with Crippen LogP contribution in [0.1, 0.15) is 21.4 Å². The maximum atomic E-state index is 9.96. The zero-order chi connectivity index (χ0) is 12.1. The number of aliphatic hydroxyl groups excluding tert-OH is 1. The van der Waals surface area contributed by atoms with E-state index >= 15 is 0 Å². The highest BCUT2D eigenvalue weighted by atomic mass is 32.1. The summed E-state index contributed by atoms with van der Waals surface area (Å²) in [7, 11) is 0. The Morgan fingerprint density at radius 2 is 1.94 bits per heavy atom. The third kappa shape index (κ3) is 3.66. The molecule has 0 saturated carbocycles. The van der Waals surface area contributed by atoms with Crippen LogP contribution in [0.3, 0.4) is 0 Å². The first-order valence-corrected chi connectivity index (χ1v) is 6.56. The predicted molar refractivity (Wildman–Crippen MR) is 72.2 cm³/mol. The van der Waals surface area contributed by atoms with E-state index in [2.05, 4.69) is 24.4 Å². The Kier molecular flexibility index (Phi) is 4.31. The second-order valence-corrected chi connectivity index (χ2v) is 5.40. The lowest BCUT2D eigenvalue weighted by Crippen LogP contribution is -2.20. The van der Waals surface area contributed by atoms with E-state index in [9.17, 15) is 5.11 Å². The number of hydrogen-bond acceptors (Lipinski definition) is 3. The number of rotatable bonds is 5. The lowest BCUT2D eigenvalue weighted by Gasteiger charge is -2.10. The minimum Gasteiger partial charge on any atom is -0.386 e. The number of thiophene rings is 1. The van der Waals surface area contributed by atoms with Gasteiger partial charge in [0.2, 0.25) is 0 Å². The number of aliphatic hydroxyl groups is 1. The molecule has 1 aromatic carbocycles. The zero-order valence-corrected chi connectivity index (χ0v) is 10.7. The normalized spacial score (nSPS) is 12.6. The molecule has 1 heterocycles. The summed E-state index contributed by atoms with van der Waals surface area (Å²) in [6, 6.07) is 14.2. The fourth-order valence-corrected chi connectivity index (χ4v) is 2.55. The summed E-state index contributed by atoms with van der Waals surface area (Å²) in [6.45, 7) is 3.44. The summed E-state index contributed by atoms with van der Waals surface area (Å²) in [4.78, 5) is 2.27. The van der Waals surface area contributed by atoms with Crippen LogP contribution in [-0.4, -0.2) is 11.7 Å². The van der Waals surface area contributed by atoms with Crippen molar-refractivity contribution in [1.29, 1.82) is 0 Å². The van der Waals surface area contributed by atoms with Gasteiger partial charge >= 0.3 is 0 Å². The maximum Gasteiger partial charge on any atom is 0.101 e. The summed E-state index contributed by atoms with van der Waals surface area (Å²) in [5.41, 5.74) is 1.24. The maximum absolute atomic E-state index is 9.96. The fraction of sp³-hybridized carbons (Fsp3) is 0.286. The van der Waals surface area contributed by atoms with Gasteiger partial charge in [-0.15, -0.1) is 11.3 Å². The molecule has 0 spiro atoms. The molecule has 0 fully saturated rings. The van der Waals surface area contributed by atoms with E-state index < -0.39 is 6.10 Å². The summed E-state index contributed by atoms with van der Waals surface area (Å²) >= 11 is 1.65. The van der Waals surface area contributed by atoms with E-state index in [1.807, 2.05) is 30.3 Å². The Morgan fingerprint density at radius 3 is 2.59 bits per heavy atom. The molecule has 0 aliphatic rings. The Labute approximate surface area is 106 Å². The highest BCUT2D eigenvalue weighted by molar-refractivity contribution is 7.12. The van der Waals surface area contributed by atoms with Gasteiger partial charge in [-0.3, -0.25) is 0 Å². The molecule has 2 N–H and O–H groups in total. The number of hydrogen-bond donors (Lipinski definition) is 2. The van der Waals surface area contributed by atoms with Crippen molar-refractivity contribution in [3.63, 3.8) is 0 Å². The monoisotopic (exact) mass is 247 g/mol. The molecule has 1 unspecified atom stereocenters. The lowest BCUT2D eigenvalue weighted by molar-refractivity contribution is 0.178. The van der Waals surface area contributed by atoms with Crippen LogP contribution in [-0.2, 0) is 6.54 Å². The lowest BCUT2D eigenvalue weighted by atomic mass is 10.2. The molecule has 0 amide bonds. The van der Waals surface area contributed by atoms with Gasteiger partial charge in [-0.2, -0.15) is 0 Å². The Balaban J connectivity index is 1.79. The second kappa shape index (κ2) is 5.96. The average Bonchev–Trinajstić information content (AvgIpc) is 2.77. The van der Waals surface area contributed by atoms with Crippen molar-refractivity contribution in [2.24, 2.45) is 0 Å². The van der Waals surface area contributed by atoms with E-state index in [0.717, 1.165) is 11.4 Å². The van der Waals surface area contributed by atoms with Crippen LogP contribution in [0.2, 0.25) is 0 Å². The molecular weight excluding hydrogens is 230 g/mol. The van der Waals surface area contributed by atoms with Gasteiger partial charge in [-0.1, -0.05) is 30.3 Å². The zero-order valence-electron chi connectivity index (χ0n) is 9.89. The molecule has 3 heteroatoms. The van der Waals surface area contributed by atoms with Crippen molar-refractivity contribution >= 4 is 11.3 Å². The quantitative estimate of drug-likeness (QED) is 0.851. The molecule has 2 nitrogen and oxygen atoms in total. The molecule has 0 bridgehead atoms. The molecule has 90 valence electrons. The van der Waals surface area contributed by atoms with Crippen LogP contribution in [0.25, 0.3) is 0 Å². The number of aryl methyl sites for hydroxylation is 1. The minimum absolute atomic E-state index is 0.405. The van der Waals surface area contributed by atoms with E-state index in [1.165, 1.54) is 10.4 Å². The summed E-state index contributed by atoms with van der Waals surface area (Å²) < 4.78 is 0. The van der Waals surface area contributed by atoms with E-state index in [-0.39, 0.29) is 0 Å². The van der Waals surface area contributed by atoms with Gasteiger partial charge in [-0.25, -0.2) is 0 Å². The Bertz CT molecular complexity index is 452. The van der Waals surface area contributed by atoms with E-state index in [4.69, 9.17) is 0 Å².